The predicted molar refractivity (Wildman–Crippen MR) is 125 cm³/mol. The third-order valence-corrected chi connectivity index (χ3v) is 7.50. The van der Waals surface area contributed by atoms with Gasteiger partial charge in [0, 0.05) is 25.6 Å². The van der Waals surface area contributed by atoms with E-state index in [2.05, 4.69) is 20.2 Å². The summed E-state index contributed by atoms with van der Waals surface area (Å²) in [5.41, 5.74) is 0.163. The summed E-state index contributed by atoms with van der Waals surface area (Å²) in [7, 11) is 0. The fourth-order valence-electron chi connectivity index (χ4n) is 5.05. The van der Waals surface area contributed by atoms with Gasteiger partial charge in [0.15, 0.2) is 0 Å². The van der Waals surface area contributed by atoms with Gasteiger partial charge in [-0.05, 0) is 55.1 Å². The lowest BCUT2D eigenvalue weighted by atomic mass is 9.90. The topological polar surface area (TPSA) is 67.3 Å². The summed E-state index contributed by atoms with van der Waals surface area (Å²) in [6, 6.07) is 3.23. The molecule has 1 unspecified atom stereocenters. The molecule has 10 heteroatoms. The van der Waals surface area contributed by atoms with E-state index in [9.17, 15) is 18.0 Å². The molecule has 1 amide bonds. The number of nitrogens with one attached hydrogen (secondary N) is 1. The molecular formula is C25H28ClF3N4O2. The molecule has 0 radical (unpaired) electrons. The van der Waals surface area contributed by atoms with Crippen LogP contribution in [0.1, 0.15) is 37.7 Å². The second kappa shape index (κ2) is 9.84. The van der Waals surface area contributed by atoms with Gasteiger partial charge in [-0.1, -0.05) is 17.7 Å². The molecule has 1 aliphatic heterocycles. The number of rotatable bonds is 9. The first-order valence-electron chi connectivity index (χ1n) is 12.1. The Morgan fingerprint density at radius 3 is 2.60 bits per heavy atom. The first kappa shape index (κ1) is 24.2. The van der Waals surface area contributed by atoms with Gasteiger partial charge >= 0.3 is 0 Å². The third-order valence-electron chi connectivity index (χ3n) is 7.31. The van der Waals surface area contributed by atoms with Crippen molar-refractivity contribution in [2.45, 2.75) is 50.5 Å². The molecule has 2 aliphatic carbocycles. The zero-order valence-corrected chi connectivity index (χ0v) is 20.0. The second-order valence-corrected chi connectivity index (χ2v) is 10.3. The van der Waals surface area contributed by atoms with Crippen LogP contribution in [0.15, 0.2) is 30.6 Å². The van der Waals surface area contributed by atoms with Crippen LogP contribution in [0.3, 0.4) is 0 Å². The number of aromatic nitrogens is 2. The molecular weight excluding hydrogens is 481 g/mol. The Morgan fingerprint density at radius 2 is 1.94 bits per heavy atom. The summed E-state index contributed by atoms with van der Waals surface area (Å²) in [5.74, 6) is -0.828. The molecule has 3 atom stereocenters. The molecule has 2 aromatic rings. The largest absolute Gasteiger partial charge is 0.493 e. The second-order valence-electron chi connectivity index (χ2n) is 9.84. The number of carbonyl (C=O) groups is 1. The van der Waals surface area contributed by atoms with Crippen molar-refractivity contribution in [1.82, 2.24) is 15.3 Å². The van der Waals surface area contributed by atoms with E-state index in [1.165, 1.54) is 18.6 Å². The number of benzene rings is 1. The van der Waals surface area contributed by atoms with Gasteiger partial charge in [0.1, 0.15) is 11.6 Å². The summed E-state index contributed by atoms with van der Waals surface area (Å²) in [5, 5.41) is 2.77. The number of carbonyl (C=O) groups excluding carboxylic acids is 1. The molecule has 1 aromatic heterocycles. The highest BCUT2D eigenvalue weighted by Crippen LogP contribution is 2.50. The molecule has 3 aliphatic rings. The fraction of sp³-hybridized carbons (Fsp3) is 0.560. The Bertz CT molecular complexity index is 1060. The van der Waals surface area contributed by atoms with E-state index in [1.54, 1.807) is 18.5 Å². The summed E-state index contributed by atoms with van der Waals surface area (Å²) < 4.78 is 45.9. The molecule has 35 heavy (non-hydrogen) atoms. The van der Waals surface area contributed by atoms with E-state index in [-0.39, 0.29) is 18.4 Å². The summed E-state index contributed by atoms with van der Waals surface area (Å²) in [6.45, 7) is 2.40. The normalized spacial score (nSPS) is 25.3. The van der Waals surface area contributed by atoms with Gasteiger partial charge in [0.05, 0.1) is 36.5 Å². The molecule has 0 spiro atoms. The maximum absolute atomic E-state index is 14.4. The average molecular weight is 509 g/mol. The van der Waals surface area contributed by atoms with Crippen molar-refractivity contribution >= 4 is 23.5 Å². The number of hydrogen-bond acceptors (Lipinski definition) is 5. The summed E-state index contributed by atoms with van der Waals surface area (Å²) in [6.07, 6.45) is 6.99. The molecule has 3 fully saturated rings. The third kappa shape index (κ3) is 6.00. The summed E-state index contributed by atoms with van der Waals surface area (Å²) >= 11 is 5.87. The minimum atomic E-state index is -2.84. The first-order chi connectivity index (χ1) is 16.8. The summed E-state index contributed by atoms with van der Waals surface area (Å²) in [4.78, 5) is 22.7. The Hall–Kier alpha value is -2.55. The quantitative estimate of drug-likeness (QED) is 0.534. The standard InChI is InChI=1S/C25H28ClF3N4O2/c26-18-13-30-24(31-14-18)33-6-3-15(4-7-33)20-9-16(20)5-8-35-19-2-1-17(21(27)11-19)10-23(34)32-22-12-25(22,28)29/h1-2,11,13-16,20,22H,3-10,12H2,(H,32,34)/t16-,20-,22?/m0/s1. The number of ether oxygens (including phenoxy) is 1. The van der Waals surface area contributed by atoms with Gasteiger partial charge in [-0.3, -0.25) is 4.79 Å². The van der Waals surface area contributed by atoms with Gasteiger partial charge in [0.2, 0.25) is 11.9 Å². The molecule has 2 heterocycles. The van der Waals surface area contributed by atoms with Crippen LogP contribution in [0.2, 0.25) is 5.02 Å². The van der Waals surface area contributed by atoms with Crippen molar-refractivity contribution in [2.75, 3.05) is 24.6 Å². The minimum absolute atomic E-state index is 0.163. The van der Waals surface area contributed by atoms with Crippen molar-refractivity contribution in [1.29, 1.82) is 0 Å². The smallest absolute Gasteiger partial charge is 0.270 e. The number of halogens is 4. The van der Waals surface area contributed by atoms with Crippen molar-refractivity contribution in [3.05, 3.63) is 47.0 Å². The van der Waals surface area contributed by atoms with Gasteiger partial charge in [-0.2, -0.15) is 0 Å². The van der Waals surface area contributed by atoms with Crippen molar-refractivity contribution in [3.63, 3.8) is 0 Å². The molecule has 1 N–H and O–H groups in total. The number of piperidine rings is 1. The maximum Gasteiger partial charge on any atom is 0.270 e. The molecule has 188 valence electrons. The lowest BCUT2D eigenvalue weighted by Gasteiger charge is -2.32. The van der Waals surface area contributed by atoms with Gasteiger partial charge in [-0.15, -0.1) is 0 Å². The zero-order valence-electron chi connectivity index (χ0n) is 19.2. The van der Waals surface area contributed by atoms with E-state index in [1.807, 2.05) is 0 Å². The number of hydrogen-bond donors (Lipinski definition) is 1. The lowest BCUT2D eigenvalue weighted by molar-refractivity contribution is -0.121. The van der Waals surface area contributed by atoms with Crippen LogP contribution in [0, 0.1) is 23.6 Å². The number of amides is 1. The molecule has 2 saturated carbocycles. The minimum Gasteiger partial charge on any atom is -0.493 e. The Kier molecular flexibility index (Phi) is 6.79. The van der Waals surface area contributed by atoms with E-state index < -0.39 is 23.7 Å². The first-order valence-corrected chi connectivity index (χ1v) is 12.5. The average Bonchev–Trinajstić information content (AvgIpc) is 3.73. The highest BCUT2D eigenvalue weighted by atomic mass is 35.5. The highest BCUT2D eigenvalue weighted by Gasteiger charge is 2.57. The van der Waals surface area contributed by atoms with E-state index >= 15 is 0 Å². The van der Waals surface area contributed by atoms with E-state index in [0.717, 1.165) is 38.3 Å². The highest BCUT2D eigenvalue weighted by molar-refractivity contribution is 6.30. The van der Waals surface area contributed by atoms with Crippen molar-refractivity contribution < 1.29 is 22.7 Å². The fourth-order valence-corrected chi connectivity index (χ4v) is 5.15. The van der Waals surface area contributed by atoms with Gasteiger partial charge in [-0.25, -0.2) is 23.1 Å². The van der Waals surface area contributed by atoms with Crippen LogP contribution < -0.4 is 15.0 Å². The lowest BCUT2D eigenvalue weighted by Crippen LogP contribution is -2.35. The molecule has 1 aromatic carbocycles. The monoisotopic (exact) mass is 508 g/mol. The zero-order chi connectivity index (χ0) is 24.6. The van der Waals surface area contributed by atoms with E-state index in [4.69, 9.17) is 16.3 Å². The molecule has 5 rings (SSSR count). The van der Waals surface area contributed by atoms with Gasteiger partial charge in [0.25, 0.3) is 5.92 Å². The molecule has 0 bridgehead atoms. The molecule has 1 saturated heterocycles. The number of alkyl halides is 2. The Morgan fingerprint density at radius 1 is 1.23 bits per heavy atom. The van der Waals surface area contributed by atoms with Crippen LogP contribution in [0.5, 0.6) is 5.75 Å². The van der Waals surface area contributed by atoms with Crippen LogP contribution in [0.4, 0.5) is 19.1 Å². The number of anilines is 1. The van der Waals surface area contributed by atoms with Crippen LogP contribution in [0.25, 0.3) is 0 Å². The molecule has 6 nitrogen and oxygen atoms in total. The Balaban J connectivity index is 1.01. The maximum atomic E-state index is 14.4. The van der Waals surface area contributed by atoms with Gasteiger partial charge < -0.3 is 15.0 Å². The number of nitrogens with zero attached hydrogens (tertiary/aromatic N) is 3. The SMILES string of the molecule is O=C(Cc1ccc(OCC[C@H]2C[C@H]2C2CCN(c3ncc(Cl)cn3)CC2)cc1F)NC1CC1(F)F. The van der Waals surface area contributed by atoms with Crippen molar-refractivity contribution in [3.8, 4) is 5.75 Å². The predicted octanol–water partition coefficient (Wildman–Crippen LogP) is 4.66. The van der Waals surface area contributed by atoms with Crippen LogP contribution in [-0.2, 0) is 11.2 Å². The Labute approximate surface area is 207 Å². The van der Waals surface area contributed by atoms with Crippen LogP contribution in [-0.4, -0.2) is 47.5 Å². The van der Waals surface area contributed by atoms with Crippen LogP contribution >= 0.6 is 11.6 Å². The van der Waals surface area contributed by atoms with Crippen molar-refractivity contribution in [2.24, 2.45) is 17.8 Å². The van der Waals surface area contributed by atoms with E-state index in [0.29, 0.717) is 35.1 Å².